The fourth-order valence-corrected chi connectivity index (χ4v) is 1.61. The average molecular weight is 286 g/mol. The summed E-state index contributed by atoms with van der Waals surface area (Å²) in [6.07, 6.45) is 2.47. The van der Waals surface area contributed by atoms with Gasteiger partial charge >= 0.3 is 0 Å². The summed E-state index contributed by atoms with van der Waals surface area (Å²) in [6, 6.07) is 2.94. The molecule has 106 valence electrons. The van der Waals surface area contributed by atoms with Crippen LogP contribution in [0.3, 0.4) is 0 Å². The number of aromatic nitrogens is 1. The highest BCUT2D eigenvalue weighted by atomic mass is 35.5. The van der Waals surface area contributed by atoms with Gasteiger partial charge in [0.2, 0.25) is 11.8 Å². The summed E-state index contributed by atoms with van der Waals surface area (Å²) in [7, 11) is 0. The molecule has 1 rings (SSSR count). The Morgan fingerprint density at radius 2 is 2.37 bits per heavy atom. The Bertz CT molecular complexity index is 415. The highest BCUT2D eigenvalue weighted by molar-refractivity contribution is 6.31. The molecular formula is C13H20ClN3O2. The molecule has 0 saturated carbocycles. The van der Waals surface area contributed by atoms with Gasteiger partial charge in [-0.3, -0.25) is 4.79 Å². The molecule has 0 bridgehead atoms. The third-order valence-electron chi connectivity index (χ3n) is 2.92. The number of halogens is 1. The number of hydrogen-bond acceptors (Lipinski definition) is 4. The summed E-state index contributed by atoms with van der Waals surface area (Å²) in [4.78, 5) is 15.7. The first-order valence-electron chi connectivity index (χ1n) is 6.32. The van der Waals surface area contributed by atoms with E-state index < -0.39 is 6.04 Å². The van der Waals surface area contributed by atoms with Crippen LogP contribution in [-0.4, -0.2) is 30.1 Å². The standard InChI is InChI=1S/C13H20ClN3O2/c1-3-9(2)11(15)12(18)16-7-8-19-13-10(14)5-4-6-17-13/h4-6,9,11H,3,7-8,15H2,1-2H3,(H,16,18). The van der Waals surface area contributed by atoms with Crippen LogP contribution in [0.2, 0.25) is 5.02 Å². The van der Waals surface area contributed by atoms with E-state index in [0.29, 0.717) is 24.1 Å². The lowest BCUT2D eigenvalue weighted by Crippen LogP contribution is -2.45. The molecule has 0 aromatic carbocycles. The number of hydrogen-bond donors (Lipinski definition) is 2. The Labute approximate surface area is 118 Å². The van der Waals surface area contributed by atoms with Gasteiger partial charge in [-0.2, -0.15) is 0 Å². The topological polar surface area (TPSA) is 77.2 Å². The van der Waals surface area contributed by atoms with Crippen molar-refractivity contribution < 1.29 is 9.53 Å². The van der Waals surface area contributed by atoms with Crippen LogP contribution in [-0.2, 0) is 4.79 Å². The van der Waals surface area contributed by atoms with Crippen molar-refractivity contribution in [3.63, 3.8) is 0 Å². The molecule has 2 atom stereocenters. The number of amides is 1. The summed E-state index contributed by atoms with van der Waals surface area (Å²) in [5.74, 6) is 0.362. The van der Waals surface area contributed by atoms with Crippen molar-refractivity contribution in [2.75, 3.05) is 13.2 Å². The molecule has 1 aromatic rings. The van der Waals surface area contributed by atoms with E-state index in [1.54, 1.807) is 18.3 Å². The third kappa shape index (κ3) is 5.04. The Kier molecular flexibility index (Phi) is 6.59. The van der Waals surface area contributed by atoms with E-state index in [2.05, 4.69) is 10.3 Å². The maximum atomic E-state index is 11.7. The van der Waals surface area contributed by atoms with Gasteiger partial charge in [-0.1, -0.05) is 31.9 Å². The van der Waals surface area contributed by atoms with Gasteiger partial charge in [0.25, 0.3) is 0 Å². The quantitative estimate of drug-likeness (QED) is 0.746. The Hall–Kier alpha value is -1.33. The molecule has 0 aliphatic heterocycles. The van der Waals surface area contributed by atoms with E-state index in [0.717, 1.165) is 6.42 Å². The van der Waals surface area contributed by atoms with Crippen molar-refractivity contribution in [1.82, 2.24) is 10.3 Å². The number of carbonyl (C=O) groups is 1. The van der Waals surface area contributed by atoms with Gasteiger partial charge in [-0.25, -0.2) is 4.98 Å². The van der Waals surface area contributed by atoms with E-state index in [-0.39, 0.29) is 11.8 Å². The third-order valence-corrected chi connectivity index (χ3v) is 3.21. The molecule has 1 aromatic heterocycles. The predicted octanol–water partition coefficient (Wildman–Crippen LogP) is 1.60. The minimum Gasteiger partial charge on any atom is -0.475 e. The monoisotopic (exact) mass is 285 g/mol. The molecule has 0 radical (unpaired) electrons. The van der Waals surface area contributed by atoms with Gasteiger partial charge in [-0.05, 0) is 18.1 Å². The van der Waals surface area contributed by atoms with Gasteiger partial charge < -0.3 is 15.8 Å². The number of nitrogens with one attached hydrogen (secondary N) is 1. The van der Waals surface area contributed by atoms with Gasteiger partial charge in [0.15, 0.2) is 0 Å². The largest absolute Gasteiger partial charge is 0.475 e. The fourth-order valence-electron chi connectivity index (χ4n) is 1.43. The van der Waals surface area contributed by atoms with Crippen molar-refractivity contribution in [2.24, 2.45) is 11.7 Å². The number of rotatable bonds is 7. The number of nitrogens with two attached hydrogens (primary N) is 1. The summed E-state index contributed by atoms with van der Waals surface area (Å²) in [6.45, 7) is 4.63. The van der Waals surface area contributed by atoms with Crippen molar-refractivity contribution in [2.45, 2.75) is 26.3 Å². The van der Waals surface area contributed by atoms with E-state index in [4.69, 9.17) is 22.1 Å². The molecule has 1 heterocycles. The van der Waals surface area contributed by atoms with E-state index in [1.807, 2.05) is 13.8 Å². The summed E-state index contributed by atoms with van der Waals surface area (Å²) in [5.41, 5.74) is 5.80. The molecule has 0 spiro atoms. The van der Waals surface area contributed by atoms with Gasteiger partial charge in [0.05, 0.1) is 12.6 Å². The van der Waals surface area contributed by atoms with Crippen molar-refractivity contribution in [3.8, 4) is 5.88 Å². The second-order valence-electron chi connectivity index (χ2n) is 4.34. The molecule has 1 amide bonds. The van der Waals surface area contributed by atoms with Crippen LogP contribution < -0.4 is 15.8 Å². The van der Waals surface area contributed by atoms with E-state index >= 15 is 0 Å². The molecule has 0 fully saturated rings. The molecule has 19 heavy (non-hydrogen) atoms. The van der Waals surface area contributed by atoms with Gasteiger partial charge in [0, 0.05) is 6.20 Å². The zero-order chi connectivity index (χ0) is 14.3. The zero-order valence-corrected chi connectivity index (χ0v) is 12.0. The predicted molar refractivity (Wildman–Crippen MR) is 75.2 cm³/mol. The molecule has 3 N–H and O–H groups in total. The van der Waals surface area contributed by atoms with Crippen LogP contribution in [0.5, 0.6) is 5.88 Å². The SMILES string of the molecule is CCC(C)C(N)C(=O)NCCOc1ncccc1Cl. The highest BCUT2D eigenvalue weighted by Crippen LogP contribution is 2.19. The van der Waals surface area contributed by atoms with Crippen molar-refractivity contribution >= 4 is 17.5 Å². The summed E-state index contributed by atoms with van der Waals surface area (Å²) >= 11 is 5.88. The minimum atomic E-state index is -0.483. The lowest BCUT2D eigenvalue weighted by molar-refractivity contribution is -0.123. The number of ether oxygens (including phenoxy) is 1. The fraction of sp³-hybridized carbons (Fsp3) is 0.538. The minimum absolute atomic E-state index is 0.158. The summed E-state index contributed by atoms with van der Waals surface area (Å²) < 4.78 is 5.36. The number of pyridine rings is 1. The van der Waals surface area contributed by atoms with Crippen LogP contribution in [0.25, 0.3) is 0 Å². The molecule has 0 aliphatic rings. The van der Waals surface area contributed by atoms with E-state index in [9.17, 15) is 4.79 Å². The van der Waals surface area contributed by atoms with Gasteiger partial charge in [-0.15, -0.1) is 0 Å². The molecule has 5 nitrogen and oxygen atoms in total. The number of nitrogens with zero attached hydrogens (tertiary/aromatic N) is 1. The van der Waals surface area contributed by atoms with Crippen LogP contribution in [0.1, 0.15) is 20.3 Å². The van der Waals surface area contributed by atoms with Gasteiger partial charge in [0.1, 0.15) is 11.6 Å². The van der Waals surface area contributed by atoms with Crippen LogP contribution in [0.4, 0.5) is 0 Å². The van der Waals surface area contributed by atoms with E-state index in [1.165, 1.54) is 0 Å². The Morgan fingerprint density at radius 3 is 3.00 bits per heavy atom. The maximum absolute atomic E-state index is 11.7. The molecular weight excluding hydrogens is 266 g/mol. The molecule has 6 heteroatoms. The van der Waals surface area contributed by atoms with Crippen molar-refractivity contribution in [3.05, 3.63) is 23.4 Å². The first-order valence-corrected chi connectivity index (χ1v) is 6.70. The van der Waals surface area contributed by atoms with Crippen LogP contribution in [0, 0.1) is 5.92 Å². The second-order valence-corrected chi connectivity index (χ2v) is 4.75. The summed E-state index contributed by atoms with van der Waals surface area (Å²) in [5, 5.41) is 3.18. The zero-order valence-electron chi connectivity index (χ0n) is 11.2. The maximum Gasteiger partial charge on any atom is 0.237 e. The number of carbonyl (C=O) groups excluding carboxylic acids is 1. The normalized spacial score (nSPS) is 13.7. The molecule has 0 aliphatic carbocycles. The second kappa shape index (κ2) is 7.96. The Morgan fingerprint density at radius 1 is 1.63 bits per heavy atom. The first-order chi connectivity index (χ1) is 9.06. The van der Waals surface area contributed by atoms with Crippen LogP contribution >= 0.6 is 11.6 Å². The average Bonchev–Trinajstić information content (AvgIpc) is 2.43. The molecule has 0 saturated heterocycles. The van der Waals surface area contributed by atoms with Crippen molar-refractivity contribution in [1.29, 1.82) is 0 Å². The van der Waals surface area contributed by atoms with Crippen LogP contribution in [0.15, 0.2) is 18.3 Å². The Balaban J connectivity index is 2.28. The first kappa shape index (κ1) is 15.7. The molecule has 2 unspecified atom stereocenters. The lowest BCUT2D eigenvalue weighted by Gasteiger charge is -2.17. The highest BCUT2D eigenvalue weighted by Gasteiger charge is 2.18. The smallest absolute Gasteiger partial charge is 0.237 e. The lowest BCUT2D eigenvalue weighted by atomic mass is 9.99.